The number of rotatable bonds is 4. The van der Waals surface area contributed by atoms with Gasteiger partial charge in [-0.3, -0.25) is 0 Å². The summed E-state index contributed by atoms with van der Waals surface area (Å²) in [6.07, 6.45) is 0.474. The van der Waals surface area contributed by atoms with Gasteiger partial charge in [-0.2, -0.15) is 0 Å². The van der Waals surface area contributed by atoms with Crippen LogP contribution in [0.2, 0.25) is 0 Å². The van der Waals surface area contributed by atoms with Gasteiger partial charge in [0.05, 0.1) is 19.8 Å². The molecule has 0 rings (SSSR count). The lowest BCUT2D eigenvalue weighted by Gasteiger charge is -2.22. The van der Waals surface area contributed by atoms with Gasteiger partial charge in [-0.05, 0) is 17.8 Å². The lowest BCUT2D eigenvalue weighted by Crippen LogP contribution is -2.22. The molecule has 0 unspecified atom stereocenters. The Morgan fingerprint density at radius 3 is 1.72 bits per heavy atom. The summed E-state index contributed by atoms with van der Waals surface area (Å²) < 4.78 is 9.54. The molecule has 4 nitrogen and oxygen atoms in total. The van der Waals surface area contributed by atoms with Crippen LogP contribution in [0.1, 0.15) is 41.0 Å². The van der Waals surface area contributed by atoms with Crippen LogP contribution in [0, 0.1) is 11.3 Å². The average Bonchev–Trinajstić information content (AvgIpc) is 2.24. The fourth-order valence-corrected chi connectivity index (χ4v) is 1.75. The number of hydrogen-bond acceptors (Lipinski definition) is 4. The van der Waals surface area contributed by atoms with Crippen molar-refractivity contribution in [2.75, 3.05) is 14.2 Å². The summed E-state index contributed by atoms with van der Waals surface area (Å²) in [6.45, 7) is 9.73. The summed E-state index contributed by atoms with van der Waals surface area (Å²) in [4.78, 5) is 23.7. The van der Waals surface area contributed by atoms with Crippen LogP contribution in [0.5, 0.6) is 0 Å². The molecule has 0 saturated heterocycles. The van der Waals surface area contributed by atoms with Crippen LogP contribution < -0.4 is 0 Å². The van der Waals surface area contributed by atoms with E-state index >= 15 is 0 Å². The van der Waals surface area contributed by atoms with Gasteiger partial charge in [0.2, 0.25) is 0 Å². The maximum absolute atomic E-state index is 11.9. The summed E-state index contributed by atoms with van der Waals surface area (Å²) in [5, 5.41) is 0. The second-order valence-electron chi connectivity index (χ2n) is 5.77. The lowest BCUT2D eigenvalue weighted by atomic mass is 9.83. The zero-order valence-corrected chi connectivity index (χ0v) is 12.4. The molecule has 0 aromatic carbocycles. The highest BCUT2D eigenvalue weighted by molar-refractivity contribution is 6.00. The van der Waals surface area contributed by atoms with E-state index in [1.165, 1.54) is 14.2 Å². The molecule has 0 aromatic rings. The number of esters is 2. The molecule has 0 radical (unpaired) electrons. The smallest absolute Gasteiger partial charge is 0.334 e. The van der Waals surface area contributed by atoms with Crippen molar-refractivity contribution in [3.63, 3.8) is 0 Å². The molecule has 0 atom stereocenters. The third-order valence-electron chi connectivity index (χ3n) is 2.45. The molecule has 18 heavy (non-hydrogen) atoms. The van der Waals surface area contributed by atoms with Gasteiger partial charge < -0.3 is 9.47 Å². The van der Waals surface area contributed by atoms with Gasteiger partial charge in [0.15, 0.2) is 0 Å². The standard InChI is InChI=1S/C14H24O4/c1-9(2)11(13(16)18-7)10(12(15)17-6)8-14(3,4)5/h9H,8H2,1-7H3/b11-10-. The predicted molar refractivity (Wildman–Crippen MR) is 70.0 cm³/mol. The van der Waals surface area contributed by atoms with E-state index < -0.39 is 11.9 Å². The zero-order valence-electron chi connectivity index (χ0n) is 12.4. The van der Waals surface area contributed by atoms with Crippen LogP contribution in [-0.4, -0.2) is 26.2 Å². The van der Waals surface area contributed by atoms with Crippen LogP contribution in [0.3, 0.4) is 0 Å². The van der Waals surface area contributed by atoms with E-state index in [-0.39, 0.29) is 11.3 Å². The molecule has 0 aliphatic carbocycles. The van der Waals surface area contributed by atoms with Crippen molar-refractivity contribution in [2.45, 2.75) is 41.0 Å². The first-order chi connectivity index (χ1) is 8.14. The number of methoxy groups -OCH3 is 2. The Morgan fingerprint density at radius 2 is 1.44 bits per heavy atom. The normalized spacial score (nSPS) is 13.1. The zero-order chi connectivity index (χ0) is 14.5. The van der Waals surface area contributed by atoms with Crippen molar-refractivity contribution in [1.82, 2.24) is 0 Å². The molecular formula is C14H24O4. The second kappa shape index (κ2) is 6.57. The van der Waals surface area contributed by atoms with Crippen molar-refractivity contribution in [2.24, 2.45) is 11.3 Å². The van der Waals surface area contributed by atoms with Crippen molar-refractivity contribution in [3.05, 3.63) is 11.1 Å². The molecule has 0 aliphatic rings. The van der Waals surface area contributed by atoms with Crippen LogP contribution in [-0.2, 0) is 19.1 Å². The first kappa shape index (κ1) is 16.7. The predicted octanol–water partition coefficient (Wildman–Crippen LogP) is 2.72. The largest absolute Gasteiger partial charge is 0.466 e. The topological polar surface area (TPSA) is 52.6 Å². The Labute approximate surface area is 109 Å². The van der Waals surface area contributed by atoms with Crippen LogP contribution in [0.15, 0.2) is 11.1 Å². The molecule has 0 bridgehead atoms. The van der Waals surface area contributed by atoms with E-state index in [1.807, 2.05) is 34.6 Å². The summed E-state index contributed by atoms with van der Waals surface area (Å²) in [7, 11) is 2.64. The number of carbonyl (C=O) groups excluding carboxylic acids is 2. The first-order valence-corrected chi connectivity index (χ1v) is 6.03. The molecule has 0 aromatic heterocycles. The number of hydrogen-bond donors (Lipinski definition) is 0. The van der Waals surface area contributed by atoms with Crippen molar-refractivity contribution in [3.8, 4) is 0 Å². The maximum atomic E-state index is 11.9. The van der Waals surface area contributed by atoms with E-state index in [9.17, 15) is 9.59 Å². The molecule has 0 amide bonds. The number of ether oxygens (including phenoxy) is 2. The van der Waals surface area contributed by atoms with E-state index in [2.05, 4.69) is 0 Å². The van der Waals surface area contributed by atoms with Gasteiger partial charge in [0.1, 0.15) is 0 Å². The van der Waals surface area contributed by atoms with Crippen molar-refractivity contribution in [1.29, 1.82) is 0 Å². The van der Waals surface area contributed by atoms with Crippen LogP contribution >= 0.6 is 0 Å². The summed E-state index contributed by atoms with van der Waals surface area (Å²) in [5.74, 6) is -1.01. The van der Waals surface area contributed by atoms with Gasteiger partial charge >= 0.3 is 11.9 Å². The fraction of sp³-hybridized carbons (Fsp3) is 0.714. The quantitative estimate of drug-likeness (QED) is 0.573. The Balaban J connectivity index is 5.71. The highest BCUT2D eigenvalue weighted by Gasteiger charge is 2.28. The van der Waals surface area contributed by atoms with Crippen molar-refractivity contribution >= 4 is 11.9 Å². The van der Waals surface area contributed by atoms with Gasteiger partial charge in [0.25, 0.3) is 0 Å². The molecule has 0 saturated carbocycles. The van der Waals surface area contributed by atoms with E-state index in [0.717, 1.165) is 0 Å². The molecular weight excluding hydrogens is 232 g/mol. The Kier molecular flexibility index (Phi) is 6.09. The monoisotopic (exact) mass is 256 g/mol. The third kappa shape index (κ3) is 4.90. The summed E-state index contributed by atoms with van der Waals surface area (Å²) in [6, 6.07) is 0. The lowest BCUT2D eigenvalue weighted by molar-refractivity contribution is -0.140. The Bertz CT molecular complexity index is 345. The minimum Gasteiger partial charge on any atom is -0.466 e. The van der Waals surface area contributed by atoms with Gasteiger partial charge in [-0.1, -0.05) is 34.6 Å². The SMILES string of the molecule is COC(=O)/C(CC(C)(C)C)=C(\C(=O)OC)C(C)C. The van der Waals surface area contributed by atoms with Gasteiger partial charge in [-0.25, -0.2) is 9.59 Å². The van der Waals surface area contributed by atoms with Gasteiger partial charge in [-0.15, -0.1) is 0 Å². The molecule has 4 heteroatoms. The molecule has 0 N–H and O–H groups in total. The van der Waals surface area contributed by atoms with Crippen LogP contribution in [0.4, 0.5) is 0 Å². The Hall–Kier alpha value is -1.32. The Morgan fingerprint density at radius 1 is 1.00 bits per heavy atom. The van der Waals surface area contributed by atoms with E-state index in [0.29, 0.717) is 17.6 Å². The minimum atomic E-state index is -0.463. The first-order valence-electron chi connectivity index (χ1n) is 6.03. The van der Waals surface area contributed by atoms with Gasteiger partial charge in [0, 0.05) is 5.57 Å². The number of carbonyl (C=O) groups is 2. The minimum absolute atomic E-state index is 0.0890. The highest BCUT2D eigenvalue weighted by Crippen LogP contribution is 2.29. The summed E-state index contributed by atoms with van der Waals surface area (Å²) in [5.41, 5.74) is 0.698. The third-order valence-corrected chi connectivity index (χ3v) is 2.45. The van der Waals surface area contributed by atoms with Crippen LogP contribution in [0.25, 0.3) is 0 Å². The summed E-state index contributed by atoms with van der Waals surface area (Å²) >= 11 is 0. The van der Waals surface area contributed by atoms with Crippen molar-refractivity contribution < 1.29 is 19.1 Å². The molecule has 0 aliphatic heterocycles. The fourth-order valence-electron chi connectivity index (χ4n) is 1.75. The second-order valence-corrected chi connectivity index (χ2v) is 5.77. The highest BCUT2D eigenvalue weighted by atomic mass is 16.5. The molecule has 0 spiro atoms. The van der Waals surface area contributed by atoms with E-state index in [4.69, 9.17) is 9.47 Å². The van der Waals surface area contributed by atoms with E-state index in [1.54, 1.807) is 0 Å². The molecule has 0 fully saturated rings. The maximum Gasteiger partial charge on any atom is 0.334 e. The molecule has 0 heterocycles. The molecule has 104 valence electrons. The average molecular weight is 256 g/mol.